The Morgan fingerprint density at radius 1 is 1.33 bits per heavy atom. The van der Waals surface area contributed by atoms with Crippen LogP contribution in [0.5, 0.6) is 0 Å². The molecule has 1 saturated heterocycles. The molecule has 1 aromatic carbocycles. The zero-order chi connectivity index (χ0) is 13.2. The highest BCUT2D eigenvalue weighted by Gasteiger charge is 2.28. The first-order chi connectivity index (χ1) is 8.52. The number of amides is 1. The molecule has 1 N–H and O–H groups in total. The number of benzene rings is 1. The van der Waals surface area contributed by atoms with Gasteiger partial charge >= 0.3 is 0 Å². The summed E-state index contributed by atoms with van der Waals surface area (Å²) in [5.41, 5.74) is 1.37. The molecule has 0 aromatic heterocycles. The van der Waals surface area contributed by atoms with Gasteiger partial charge in [0.1, 0.15) is 0 Å². The molecule has 1 fully saturated rings. The molecule has 0 aliphatic carbocycles. The summed E-state index contributed by atoms with van der Waals surface area (Å²) in [4.78, 5) is 13.9. The number of nitrogens with zero attached hydrogens (tertiary/aromatic N) is 2. The molecule has 1 aliphatic rings. The quantitative estimate of drug-likeness (QED) is 0.816. The zero-order valence-corrected chi connectivity index (χ0v) is 10.7. The van der Waals surface area contributed by atoms with Crippen molar-refractivity contribution in [2.24, 2.45) is 0 Å². The number of hydrogen-bond donors (Lipinski definition) is 1. The number of carbonyl (C=O) groups is 1. The second kappa shape index (κ2) is 4.79. The number of rotatable bonds is 1. The molecule has 0 unspecified atom stereocenters. The van der Waals surface area contributed by atoms with Gasteiger partial charge in [-0.2, -0.15) is 5.26 Å². The molecule has 2 rings (SSSR count). The molecule has 0 bridgehead atoms. The monoisotopic (exact) mass is 243 g/mol. The van der Waals surface area contributed by atoms with Crippen molar-refractivity contribution < 1.29 is 4.79 Å². The summed E-state index contributed by atoms with van der Waals surface area (Å²) in [5.74, 6) is 0.123. The summed E-state index contributed by atoms with van der Waals surface area (Å²) in [6.07, 6.45) is 0.503. The van der Waals surface area contributed by atoms with E-state index in [2.05, 4.69) is 25.2 Å². The van der Waals surface area contributed by atoms with Gasteiger partial charge in [-0.3, -0.25) is 4.79 Å². The topological polar surface area (TPSA) is 56.1 Å². The van der Waals surface area contributed by atoms with Crippen LogP contribution in [0.3, 0.4) is 0 Å². The lowest BCUT2D eigenvalue weighted by Crippen LogP contribution is -2.47. The van der Waals surface area contributed by atoms with Crippen molar-refractivity contribution in [2.75, 3.05) is 18.0 Å². The van der Waals surface area contributed by atoms with Gasteiger partial charge in [-0.05, 0) is 38.1 Å². The second-order valence-electron chi connectivity index (χ2n) is 5.20. The smallest absolute Gasteiger partial charge is 0.228 e. The summed E-state index contributed by atoms with van der Waals surface area (Å²) < 4.78 is 0. The van der Waals surface area contributed by atoms with Crippen molar-refractivity contribution in [1.82, 2.24) is 5.32 Å². The first-order valence-corrected chi connectivity index (χ1v) is 6.07. The van der Waals surface area contributed by atoms with E-state index in [9.17, 15) is 4.79 Å². The van der Waals surface area contributed by atoms with Crippen LogP contribution in [0.25, 0.3) is 0 Å². The lowest BCUT2D eigenvalue weighted by atomic mass is 10.1. The fraction of sp³-hybridized carbons (Fsp3) is 0.429. The van der Waals surface area contributed by atoms with Crippen LogP contribution in [0.15, 0.2) is 24.3 Å². The molecule has 1 amide bonds. The van der Waals surface area contributed by atoms with E-state index < -0.39 is 0 Å². The van der Waals surface area contributed by atoms with Gasteiger partial charge in [-0.15, -0.1) is 0 Å². The van der Waals surface area contributed by atoms with Crippen molar-refractivity contribution in [1.29, 1.82) is 5.26 Å². The van der Waals surface area contributed by atoms with Gasteiger partial charge in [0.2, 0.25) is 5.91 Å². The third-order valence-corrected chi connectivity index (χ3v) is 3.10. The number of carbonyl (C=O) groups excluding carboxylic acids is 1. The Hall–Kier alpha value is -1.86. The highest BCUT2D eigenvalue weighted by atomic mass is 16.2. The first-order valence-electron chi connectivity index (χ1n) is 6.07. The molecule has 4 nitrogen and oxygen atoms in total. The minimum absolute atomic E-state index is 0.0972. The highest BCUT2D eigenvalue weighted by Crippen LogP contribution is 2.21. The molecule has 0 saturated carbocycles. The maximum absolute atomic E-state index is 12.1. The Bertz CT molecular complexity index is 485. The number of hydrogen-bond acceptors (Lipinski definition) is 3. The van der Waals surface area contributed by atoms with Crippen molar-refractivity contribution in [3.05, 3.63) is 29.8 Å². The van der Waals surface area contributed by atoms with Gasteiger partial charge < -0.3 is 10.2 Å². The Labute approximate surface area is 107 Å². The molecule has 1 aliphatic heterocycles. The molecular weight excluding hydrogens is 226 g/mol. The standard InChI is InChI=1S/C14H17N3O/c1-14(2)10-17(13(18)7-8-16-14)12-5-3-11(9-15)4-6-12/h3-6,16H,7-8,10H2,1-2H3. The summed E-state index contributed by atoms with van der Waals surface area (Å²) in [6.45, 7) is 5.51. The van der Waals surface area contributed by atoms with Gasteiger partial charge in [0.25, 0.3) is 0 Å². The van der Waals surface area contributed by atoms with Gasteiger partial charge in [-0.1, -0.05) is 0 Å². The van der Waals surface area contributed by atoms with Crippen LogP contribution in [0.4, 0.5) is 5.69 Å². The van der Waals surface area contributed by atoms with E-state index in [0.717, 1.165) is 5.69 Å². The van der Waals surface area contributed by atoms with E-state index in [1.807, 2.05) is 12.1 Å². The lowest BCUT2D eigenvalue weighted by Gasteiger charge is -2.30. The third-order valence-electron chi connectivity index (χ3n) is 3.10. The van der Waals surface area contributed by atoms with Gasteiger partial charge in [0, 0.05) is 30.7 Å². The molecular formula is C14H17N3O. The average molecular weight is 243 g/mol. The third kappa shape index (κ3) is 2.69. The average Bonchev–Trinajstić information content (AvgIpc) is 2.48. The Morgan fingerprint density at radius 3 is 2.61 bits per heavy atom. The van der Waals surface area contributed by atoms with Crippen molar-refractivity contribution >= 4 is 11.6 Å². The molecule has 18 heavy (non-hydrogen) atoms. The fourth-order valence-electron chi connectivity index (χ4n) is 2.13. The second-order valence-corrected chi connectivity index (χ2v) is 5.20. The van der Waals surface area contributed by atoms with Crippen LogP contribution in [0.2, 0.25) is 0 Å². The van der Waals surface area contributed by atoms with Crippen LogP contribution < -0.4 is 10.2 Å². The zero-order valence-electron chi connectivity index (χ0n) is 10.7. The van der Waals surface area contributed by atoms with Gasteiger partial charge in [-0.25, -0.2) is 0 Å². The minimum atomic E-state index is -0.0972. The molecule has 0 radical (unpaired) electrons. The largest absolute Gasteiger partial charge is 0.311 e. The molecule has 0 spiro atoms. The molecule has 0 atom stereocenters. The lowest BCUT2D eigenvalue weighted by molar-refractivity contribution is -0.118. The molecule has 1 heterocycles. The van der Waals surface area contributed by atoms with Crippen LogP contribution in [-0.2, 0) is 4.79 Å². The predicted octanol–water partition coefficient (Wildman–Crippen LogP) is 1.66. The van der Waals surface area contributed by atoms with E-state index in [1.54, 1.807) is 17.0 Å². The van der Waals surface area contributed by atoms with E-state index in [0.29, 0.717) is 25.1 Å². The Morgan fingerprint density at radius 2 is 2.00 bits per heavy atom. The molecule has 1 aromatic rings. The van der Waals surface area contributed by atoms with Crippen molar-refractivity contribution in [3.8, 4) is 6.07 Å². The molecule has 4 heteroatoms. The number of nitrogens with one attached hydrogen (secondary N) is 1. The summed E-state index contributed by atoms with van der Waals surface area (Å²) in [6, 6.07) is 9.23. The van der Waals surface area contributed by atoms with Crippen LogP contribution >= 0.6 is 0 Å². The number of nitriles is 1. The van der Waals surface area contributed by atoms with E-state index in [4.69, 9.17) is 5.26 Å². The van der Waals surface area contributed by atoms with Gasteiger partial charge in [0.15, 0.2) is 0 Å². The summed E-state index contributed by atoms with van der Waals surface area (Å²) in [7, 11) is 0. The van der Waals surface area contributed by atoms with Crippen LogP contribution in [-0.4, -0.2) is 24.5 Å². The first kappa shape index (κ1) is 12.6. The Balaban J connectivity index is 2.28. The van der Waals surface area contributed by atoms with E-state index >= 15 is 0 Å². The summed E-state index contributed by atoms with van der Waals surface area (Å²) in [5, 5.41) is 12.1. The SMILES string of the molecule is CC1(C)CN(c2ccc(C#N)cc2)C(=O)CCN1. The number of anilines is 1. The highest BCUT2D eigenvalue weighted by molar-refractivity contribution is 5.94. The van der Waals surface area contributed by atoms with Crippen molar-refractivity contribution in [3.63, 3.8) is 0 Å². The van der Waals surface area contributed by atoms with E-state index in [1.165, 1.54) is 0 Å². The predicted molar refractivity (Wildman–Crippen MR) is 70.2 cm³/mol. The van der Waals surface area contributed by atoms with Crippen LogP contribution in [0, 0.1) is 11.3 Å². The maximum Gasteiger partial charge on any atom is 0.228 e. The normalized spacial score (nSPS) is 19.2. The fourth-order valence-corrected chi connectivity index (χ4v) is 2.13. The Kier molecular flexibility index (Phi) is 3.35. The van der Waals surface area contributed by atoms with E-state index in [-0.39, 0.29) is 11.4 Å². The van der Waals surface area contributed by atoms with Crippen LogP contribution in [0.1, 0.15) is 25.8 Å². The summed E-state index contributed by atoms with van der Waals surface area (Å²) >= 11 is 0. The maximum atomic E-state index is 12.1. The minimum Gasteiger partial charge on any atom is -0.311 e. The van der Waals surface area contributed by atoms with Crippen molar-refractivity contribution in [2.45, 2.75) is 25.8 Å². The van der Waals surface area contributed by atoms with Gasteiger partial charge in [0.05, 0.1) is 11.6 Å². The molecule has 94 valence electrons.